The summed E-state index contributed by atoms with van der Waals surface area (Å²) in [7, 11) is 0. The molecule has 0 spiro atoms. The maximum absolute atomic E-state index is 12.8. The Morgan fingerprint density at radius 2 is 1.88 bits per heavy atom. The van der Waals surface area contributed by atoms with Crippen molar-refractivity contribution in [3.63, 3.8) is 0 Å². The van der Waals surface area contributed by atoms with Gasteiger partial charge in [0.25, 0.3) is 5.56 Å². The number of aromatic amines is 1. The monoisotopic (exact) mass is 451 g/mol. The summed E-state index contributed by atoms with van der Waals surface area (Å²) in [5.41, 5.74) is 3.73. The first-order chi connectivity index (χ1) is 15.6. The van der Waals surface area contributed by atoms with Crippen molar-refractivity contribution in [3.8, 4) is 11.5 Å². The first-order valence-corrected chi connectivity index (χ1v) is 11.5. The van der Waals surface area contributed by atoms with Gasteiger partial charge in [0.05, 0.1) is 6.54 Å². The number of thiocarbonyl (C=S) groups is 1. The third-order valence-corrected chi connectivity index (χ3v) is 6.06. The zero-order valence-corrected chi connectivity index (χ0v) is 19.4. The van der Waals surface area contributed by atoms with Gasteiger partial charge in [-0.1, -0.05) is 32.4 Å². The van der Waals surface area contributed by atoms with Crippen LogP contribution in [-0.2, 0) is 19.5 Å². The van der Waals surface area contributed by atoms with Gasteiger partial charge in [0.1, 0.15) is 0 Å². The maximum atomic E-state index is 12.8. The SMILES string of the molecule is CCCCNC(=S)N(Cc1ccc2c(c1)OCO2)Cc1cc2cc(CC)ccc2[nH]c1=O. The molecule has 7 heteroatoms. The zero-order chi connectivity index (χ0) is 22.5. The third-order valence-electron chi connectivity index (χ3n) is 5.66. The minimum Gasteiger partial charge on any atom is -0.454 e. The summed E-state index contributed by atoms with van der Waals surface area (Å²) < 4.78 is 10.9. The van der Waals surface area contributed by atoms with Crippen molar-refractivity contribution in [1.82, 2.24) is 15.2 Å². The van der Waals surface area contributed by atoms with E-state index in [0.29, 0.717) is 23.8 Å². The molecule has 0 saturated carbocycles. The molecule has 0 aliphatic carbocycles. The van der Waals surface area contributed by atoms with Gasteiger partial charge >= 0.3 is 0 Å². The fourth-order valence-corrected chi connectivity index (χ4v) is 4.02. The molecule has 0 atom stereocenters. The Hall–Kier alpha value is -3.06. The maximum Gasteiger partial charge on any atom is 0.253 e. The molecule has 1 aliphatic heterocycles. The summed E-state index contributed by atoms with van der Waals surface area (Å²) in [6.45, 7) is 6.29. The number of unbranched alkanes of at least 4 members (excludes halogenated alkanes) is 1. The number of ether oxygens (including phenoxy) is 2. The van der Waals surface area contributed by atoms with Crippen LogP contribution in [-0.4, -0.2) is 28.3 Å². The molecule has 0 radical (unpaired) electrons. The van der Waals surface area contributed by atoms with Crippen LogP contribution in [0.25, 0.3) is 10.9 Å². The predicted molar refractivity (Wildman–Crippen MR) is 131 cm³/mol. The van der Waals surface area contributed by atoms with Crippen LogP contribution in [0.5, 0.6) is 11.5 Å². The minimum atomic E-state index is -0.0891. The van der Waals surface area contributed by atoms with Crippen LogP contribution in [0.3, 0.4) is 0 Å². The van der Waals surface area contributed by atoms with E-state index in [0.717, 1.165) is 53.8 Å². The Balaban J connectivity index is 1.61. The molecule has 6 nitrogen and oxygen atoms in total. The molecular formula is C25H29N3O3S. The van der Waals surface area contributed by atoms with Gasteiger partial charge in [-0.3, -0.25) is 4.79 Å². The summed E-state index contributed by atoms with van der Waals surface area (Å²) in [6.07, 6.45) is 3.07. The van der Waals surface area contributed by atoms with E-state index in [9.17, 15) is 4.79 Å². The normalized spacial score (nSPS) is 12.2. The highest BCUT2D eigenvalue weighted by Gasteiger charge is 2.17. The predicted octanol–water partition coefficient (Wildman–Crippen LogP) is 4.50. The van der Waals surface area contributed by atoms with Gasteiger partial charge in [0.15, 0.2) is 16.6 Å². The van der Waals surface area contributed by atoms with E-state index in [-0.39, 0.29) is 12.4 Å². The van der Waals surface area contributed by atoms with E-state index in [1.54, 1.807) is 0 Å². The van der Waals surface area contributed by atoms with Crippen LogP contribution in [0.15, 0.2) is 47.3 Å². The molecule has 2 N–H and O–H groups in total. The number of pyridine rings is 1. The highest BCUT2D eigenvalue weighted by molar-refractivity contribution is 7.80. The minimum absolute atomic E-state index is 0.0891. The first-order valence-electron chi connectivity index (χ1n) is 11.1. The Morgan fingerprint density at radius 3 is 2.69 bits per heavy atom. The standard InChI is InChI=1S/C25H29N3O3S/c1-3-5-10-26-25(32)28(14-18-7-9-22-23(12-18)31-16-30-22)15-20-13-19-11-17(4-2)6-8-21(19)27-24(20)29/h6-9,11-13H,3-5,10,14-16H2,1-2H3,(H,26,32)(H,27,29). The fourth-order valence-electron chi connectivity index (χ4n) is 3.79. The summed E-state index contributed by atoms with van der Waals surface area (Å²) in [6, 6.07) is 14.0. The highest BCUT2D eigenvalue weighted by Crippen LogP contribution is 2.33. The Labute approximate surface area is 193 Å². The molecule has 2 heterocycles. The van der Waals surface area contributed by atoms with Gasteiger partial charge < -0.3 is 24.7 Å². The average molecular weight is 452 g/mol. The molecule has 3 aromatic rings. The molecule has 2 aromatic carbocycles. The van der Waals surface area contributed by atoms with Gasteiger partial charge in [0.2, 0.25) is 6.79 Å². The van der Waals surface area contributed by atoms with E-state index >= 15 is 0 Å². The summed E-state index contributed by atoms with van der Waals surface area (Å²) >= 11 is 5.71. The Kier molecular flexibility index (Phi) is 6.95. The lowest BCUT2D eigenvalue weighted by Gasteiger charge is -2.26. The van der Waals surface area contributed by atoms with Crippen LogP contribution >= 0.6 is 12.2 Å². The first kappa shape index (κ1) is 22.1. The molecule has 32 heavy (non-hydrogen) atoms. The average Bonchev–Trinajstić information content (AvgIpc) is 3.26. The van der Waals surface area contributed by atoms with Crippen LogP contribution in [0.1, 0.15) is 43.4 Å². The topological polar surface area (TPSA) is 66.6 Å². The van der Waals surface area contributed by atoms with Gasteiger partial charge in [-0.25, -0.2) is 0 Å². The second-order valence-corrected chi connectivity index (χ2v) is 8.41. The quantitative estimate of drug-likeness (QED) is 0.388. The number of aromatic nitrogens is 1. The molecule has 1 aliphatic rings. The second-order valence-electron chi connectivity index (χ2n) is 8.03. The number of benzene rings is 2. The molecule has 0 fully saturated rings. The second kappa shape index (κ2) is 10.0. The van der Waals surface area contributed by atoms with Crippen molar-refractivity contribution in [1.29, 1.82) is 0 Å². The number of nitrogens with zero attached hydrogens (tertiary/aromatic N) is 1. The van der Waals surface area contributed by atoms with E-state index in [2.05, 4.69) is 36.3 Å². The molecule has 1 aromatic heterocycles. The zero-order valence-electron chi connectivity index (χ0n) is 18.6. The van der Waals surface area contributed by atoms with Crippen LogP contribution < -0.4 is 20.3 Å². The van der Waals surface area contributed by atoms with Gasteiger partial charge in [-0.15, -0.1) is 0 Å². The van der Waals surface area contributed by atoms with Crippen molar-refractivity contribution < 1.29 is 9.47 Å². The molecule has 168 valence electrons. The van der Waals surface area contributed by atoms with Crippen LogP contribution in [0, 0.1) is 0 Å². The smallest absolute Gasteiger partial charge is 0.253 e. The fraction of sp³-hybridized carbons (Fsp3) is 0.360. The Bertz CT molecular complexity index is 1170. The lowest BCUT2D eigenvalue weighted by molar-refractivity contribution is 0.174. The molecular weight excluding hydrogens is 422 g/mol. The summed E-state index contributed by atoms with van der Waals surface area (Å²) in [5.74, 6) is 1.49. The van der Waals surface area contributed by atoms with Crippen molar-refractivity contribution in [3.05, 3.63) is 69.5 Å². The molecule has 0 unspecified atom stereocenters. The molecule has 0 amide bonds. The number of fused-ring (bicyclic) bond motifs is 2. The van der Waals surface area contributed by atoms with Crippen molar-refractivity contribution in [2.45, 2.75) is 46.2 Å². The van der Waals surface area contributed by atoms with Crippen LogP contribution in [0.2, 0.25) is 0 Å². The lowest BCUT2D eigenvalue weighted by Crippen LogP contribution is -2.40. The summed E-state index contributed by atoms with van der Waals surface area (Å²) in [5, 5.41) is 5.01. The third kappa shape index (κ3) is 5.05. The largest absolute Gasteiger partial charge is 0.454 e. The van der Waals surface area contributed by atoms with Gasteiger partial charge in [-0.2, -0.15) is 0 Å². The van der Waals surface area contributed by atoms with Crippen LogP contribution in [0.4, 0.5) is 0 Å². The van der Waals surface area contributed by atoms with E-state index in [1.807, 2.05) is 35.2 Å². The number of H-pyrrole nitrogens is 1. The van der Waals surface area contributed by atoms with Gasteiger partial charge in [-0.05, 0) is 71.9 Å². The highest BCUT2D eigenvalue weighted by atomic mass is 32.1. The summed E-state index contributed by atoms with van der Waals surface area (Å²) in [4.78, 5) is 17.9. The number of nitrogens with one attached hydrogen (secondary N) is 2. The van der Waals surface area contributed by atoms with E-state index in [4.69, 9.17) is 21.7 Å². The molecule has 0 saturated heterocycles. The molecule has 4 rings (SSSR count). The number of hydrogen-bond donors (Lipinski definition) is 2. The number of aryl methyl sites for hydroxylation is 1. The van der Waals surface area contributed by atoms with Crippen molar-refractivity contribution >= 4 is 28.2 Å². The Morgan fingerprint density at radius 1 is 1.06 bits per heavy atom. The van der Waals surface area contributed by atoms with Crippen molar-refractivity contribution in [2.75, 3.05) is 13.3 Å². The van der Waals surface area contributed by atoms with Crippen molar-refractivity contribution in [2.24, 2.45) is 0 Å². The van der Waals surface area contributed by atoms with Gasteiger partial charge in [0, 0.05) is 24.2 Å². The number of rotatable bonds is 8. The lowest BCUT2D eigenvalue weighted by atomic mass is 10.1. The number of hydrogen-bond acceptors (Lipinski definition) is 4. The molecule has 0 bridgehead atoms. The van der Waals surface area contributed by atoms with E-state index < -0.39 is 0 Å². The van der Waals surface area contributed by atoms with E-state index in [1.165, 1.54) is 5.56 Å².